The lowest BCUT2D eigenvalue weighted by molar-refractivity contribution is 0.104. The third kappa shape index (κ3) is 6.99. The number of nitrogens with one attached hydrogen (secondary N) is 1. The Morgan fingerprint density at radius 3 is 2.24 bits per heavy atom. The van der Waals surface area contributed by atoms with Crippen LogP contribution in [0.2, 0.25) is 0 Å². The van der Waals surface area contributed by atoms with E-state index in [2.05, 4.69) is 52.1 Å². The normalized spacial score (nSPS) is 17.7. The Labute approximate surface area is 154 Å². The van der Waals surface area contributed by atoms with Gasteiger partial charge in [0, 0.05) is 12.6 Å². The first-order chi connectivity index (χ1) is 11.7. The molecule has 0 spiro atoms. The van der Waals surface area contributed by atoms with E-state index >= 15 is 0 Å². The summed E-state index contributed by atoms with van der Waals surface area (Å²) < 4.78 is 5.76. The molecular weight excluding hydrogens is 310 g/mol. The molecule has 142 valence electrons. The van der Waals surface area contributed by atoms with Crippen LogP contribution in [-0.4, -0.2) is 30.4 Å². The highest BCUT2D eigenvalue weighted by atomic mass is 16.5. The fraction of sp³-hybridized carbons (Fsp3) is 0.727. The maximum atomic E-state index is 10.1. The van der Waals surface area contributed by atoms with Gasteiger partial charge in [-0.25, -0.2) is 0 Å². The molecule has 1 unspecified atom stereocenters. The van der Waals surface area contributed by atoms with E-state index in [1.165, 1.54) is 31.2 Å². The Bertz CT molecular complexity index is 510. The standard InChI is InChI=1S/C22H37NO2/c1-21(2,3)16-22(4,5)17-10-12-20(13-11-17)25-15-19(24)14-23-18-8-6-7-9-18/h10-13,18-19,23-24H,6-9,14-16H2,1-5H3. The molecule has 2 N–H and O–H groups in total. The summed E-state index contributed by atoms with van der Waals surface area (Å²) in [7, 11) is 0. The van der Waals surface area contributed by atoms with E-state index in [1.54, 1.807) is 0 Å². The third-order valence-electron chi connectivity index (χ3n) is 5.05. The van der Waals surface area contributed by atoms with Gasteiger partial charge in [0.05, 0.1) is 0 Å². The highest BCUT2D eigenvalue weighted by Gasteiger charge is 2.27. The topological polar surface area (TPSA) is 41.5 Å². The van der Waals surface area contributed by atoms with E-state index in [-0.39, 0.29) is 5.41 Å². The molecular formula is C22H37NO2. The van der Waals surface area contributed by atoms with Gasteiger partial charge >= 0.3 is 0 Å². The average Bonchev–Trinajstić information content (AvgIpc) is 3.02. The summed E-state index contributed by atoms with van der Waals surface area (Å²) in [5, 5.41) is 13.5. The predicted octanol–water partition coefficient (Wildman–Crippen LogP) is 4.67. The van der Waals surface area contributed by atoms with Crippen molar-refractivity contribution in [3.63, 3.8) is 0 Å². The van der Waals surface area contributed by atoms with Crippen LogP contribution in [0, 0.1) is 5.41 Å². The first-order valence-corrected chi connectivity index (χ1v) is 9.80. The quantitative estimate of drug-likeness (QED) is 0.718. The molecule has 1 aliphatic rings. The molecule has 0 aromatic heterocycles. The minimum atomic E-state index is -0.461. The van der Waals surface area contributed by atoms with Crippen LogP contribution in [0.3, 0.4) is 0 Å². The highest BCUT2D eigenvalue weighted by molar-refractivity contribution is 5.31. The van der Waals surface area contributed by atoms with Gasteiger partial charge in [0.25, 0.3) is 0 Å². The van der Waals surface area contributed by atoms with E-state index in [0.29, 0.717) is 24.6 Å². The number of aliphatic hydroxyl groups excluding tert-OH is 1. The summed E-state index contributed by atoms with van der Waals surface area (Å²) >= 11 is 0. The number of ether oxygens (including phenoxy) is 1. The maximum Gasteiger partial charge on any atom is 0.119 e. The first kappa shape index (κ1) is 20.3. The van der Waals surface area contributed by atoms with Crippen molar-refractivity contribution in [2.24, 2.45) is 5.41 Å². The lowest BCUT2D eigenvalue weighted by Crippen LogP contribution is -2.36. The largest absolute Gasteiger partial charge is 0.491 e. The molecule has 3 nitrogen and oxygen atoms in total. The summed E-state index contributed by atoms with van der Waals surface area (Å²) in [6.45, 7) is 12.4. The molecule has 1 aliphatic carbocycles. The molecule has 25 heavy (non-hydrogen) atoms. The monoisotopic (exact) mass is 347 g/mol. The summed E-state index contributed by atoms with van der Waals surface area (Å²) in [6.07, 6.45) is 5.76. The van der Waals surface area contributed by atoms with Crippen LogP contribution in [0.1, 0.15) is 72.3 Å². The van der Waals surface area contributed by atoms with Gasteiger partial charge in [-0.1, -0.05) is 59.6 Å². The smallest absolute Gasteiger partial charge is 0.119 e. The van der Waals surface area contributed by atoms with Crippen molar-refractivity contribution < 1.29 is 9.84 Å². The van der Waals surface area contributed by atoms with Crippen molar-refractivity contribution in [1.29, 1.82) is 0 Å². The van der Waals surface area contributed by atoms with E-state index in [4.69, 9.17) is 4.74 Å². The van der Waals surface area contributed by atoms with Crippen molar-refractivity contribution >= 4 is 0 Å². The second-order valence-corrected chi connectivity index (χ2v) is 9.50. The zero-order valence-corrected chi connectivity index (χ0v) is 16.8. The molecule has 1 saturated carbocycles. The van der Waals surface area contributed by atoms with Crippen LogP contribution in [0.5, 0.6) is 5.75 Å². The van der Waals surface area contributed by atoms with E-state index < -0.39 is 6.10 Å². The van der Waals surface area contributed by atoms with Gasteiger partial charge in [0.2, 0.25) is 0 Å². The van der Waals surface area contributed by atoms with Gasteiger partial charge in [-0.3, -0.25) is 0 Å². The number of hydrogen-bond acceptors (Lipinski definition) is 3. The molecule has 3 heteroatoms. The van der Waals surface area contributed by atoms with E-state index in [1.807, 2.05) is 12.1 Å². The molecule has 1 fully saturated rings. The van der Waals surface area contributed by atoms with Crippen LogP contribution in [0.15, 0.2) is 24.3 Å². The number of aliphatic hydroxyl groups is 1. The van der Waals surface area contributed by atoms with Crippen LogP contribution in [0.25, 0.3) is 0 Å². The summed E-state index contributed by atoms with van der Waals surface area (Å²) in [4.78, 5) is 0. The summed E-state index contributed by atoms with van der Waals surface area (Å²) in [6, 6.07) is 8.95. The van der Waals surface area contributed by atoms with Gasteiger partial charge in [0.15, 0.2) is 0 Å². The van der Waals surface area contributed by atoms with Crippen molar-refractivity contribution in [1.82, 2.24) is 5.32 Å². The predicted molar refractivity (Wildman–Crippen MR) is 105 cm³/mol. The van der Waals surface area contributed by atoms with Crippen LogP contribution >= 0.6 is 0 Å². The molecule has 1 aromatic rings. The fourth-order valence-electron chi connectivity index (χ4n) is 4.11. The second-order valence-electron chi connectivity index (χ2n) is 9.50. The number of rotatable bonds is 8. The number of benzene rings is 1. The zero-order valence-electron chi connectivity index (χ0n) is 16.8. The molecule has 2 rings (SSSR count). The first-order valence-electron chi connectivity index (χ1n) is 9.80. The van der Waals surface area contributed by atoms with Crippen LogP contribution in [-0.2, 0) is 5.41 Å². The zero-order chi connectivity index (χ0) is 18.5. The lowest BCUT2D eigenvalue weighted by atomic mass is 9.72. The molecule has 1 atom stereocenters. The van der Waals surface area contributed by atoms with Crippen molar-refractivity contribution in [2.45, 2.75) is 84.3 Å². The van der Waals surface area contributed by atoms with Gasteiger partial charge in [-0.05, 0) is 47.8 Å². The van der Waals surface area contributed by atoms with Crippen molar-refractivity contribution in [3.05, 3.63) is 29.8 Å². The molecule has 0 amide bonds. The summed E-state index contributed by atoms with van der Waals surface area (Å²) in [5.74, 6) is 0.829. The Kier molecular flexibility index (Phi) is 6.93. The van der Waals surface area contributed by atoms with Crippen LogP contribution < -0.4 is 10.1 Å². The maximum absolute atomic E-state index is 10.1. The molecule has 0 aliphatic heterocycles. The average molecular weight is 348 g/mol. The lowest BCUT2D eigenvalue weighted by Gasteiger charge is -2.33. The Hall–Kier alpha value is -1.06. The minimum Gasteiger partial charge on any atom is -0.491 e. The minimum absolute atomic E-state index is 0.140. The Morgan fingerprint density at radius 1 is 1.08 bits per heavy atom. The van der Waals surface area contributed by atoms with Gasteiger partial charge in [-0.15, -0.1) is 0 Å². The third-order valence-corrected chi connectivity index (χ3v) is 5.05. The van der Waals surface area contributed by atoms with Crippen molar-refractivity contribution in [2.75, 3.05) is 13.2 Å². The van der Waals surface area contributed by atoms with Gasteiger partial charge < -0.3 is 15.2 Å². The molecule has 0 saturated heterocycles. The second kappa shape index (κ2) is 8.55. The van der Waals surface area contributed by atoms with E-state index in [9.17, 15) is 5.11 Å². The van der Waals surface area contributed by atoms with Crippen molar-refractivity contribution in [3.8, 4) is 5.75 Å². The van der Waals surface area contributed by atoms with E-state index in [0.717, 1.165) is 12.2 Å². The SMILES string of the molecule is CC(C)(C)CC(C)(C)c1ccc(OCC(O)CNC2CCCC2)cc1. The fourth-order valence-corrected chi connectivity index (χ4v) is 4.11. The Balaban J connectivity index is 1.79. The van der Waals surface area contributed by atoms with Gasteiger partial charge in [-0.2, -0.15) is 0 Å². The molecule has 0 bridgehead atoms. The summed E-state index contributed by atoms with van der Waals surface area (Å²) in [5.41, 5.74) is 1.77. The Morgan fingerprint density at radius 2 is 1.68 bits per heavy atom. The molecule has 0 heterocycles. The number of hydrogen-bond donors (Lipinski definition) is 2. The van der Waals surface area contributed by atoms with Crippen LogP contribution in [0.4, 0.5) is 0 Å². The highest BCUT2D eigenvalue weighted by Crippen LogP contribution is 2.36. The molecule has 1 aromatic carbocycles. The van der Waals surface area contributed by atoms with Gasteiger partial charge in [0.1, 0.15) is 18.5 Å². The molecule has 0 radical (unpaired) electrons.